The van der Waals surface area contributed by atoms with Gasteiger partial charge in [0.2, 0.25) is 0 Å². The van der Waals surface area contributed by atoms with Crippen molar-refractivity contribution in [2.75, 3.05) is 20.7 Å². The van der Waals surface area contributed by atoms with E-state index in [4.69, 9.17) is 4.74 Å². The molecule has 0 bridgehead atoms. The number of ether oxygens (including phenoxy) is 1. The Kier molecular flexibility index (Phi) is 5.28. The standard InChI is InChI=1S/C17H19F2NO/c1-20-11-14(13-4-6-15(18)7-5-13)9-12-3-8-17(21-2)16(19)10-12/h3-8,10,14,20H,9,11H2,1-2H3. The lowest BCUT2D eigenvalue weighted by Gasteiger charge is -2.17. The zero-order chi connectivity index (χ0) is 15.2. The van der Waals surface area contributed by atoms with Gasteiger partial charge < -0.3 is 10.1 Å². The van der Waals surface area contributed by atoms with E-state index >= 15 is 0 Å². The van der Waals surface area contributed by atoms with E-state index in [-0.39, 0.29) is 23.3 Å². The predicted molar refractivity (Wildman–Crippen MR) is 79.7 cm³/mol. The molecule has 0 aromatic heterocycles. The van der Waals surface area contributed by atoms with Gasteiger partial charge in [0.05, 0.1) is 7.11 Å². The van der Waals surface area contributed by atoms with Gasteiger partial charge in [-0.3, -0.25) is 0 Å². The zero-order valence-corrected chi connectivity index (χ0v) is 12.2. The fourth-order valence-electron chi connectivity index (χ4n) is 2.41. The summed E-state index contributed by atoms with van der Waals surface area (Å²) in [6, 6.07) is 11.4. The Bertz CT molecular complexity index is 584. The Morgan fingerprint density at radius 3 is 2.38 bits per heavy atom. The molecule has 1 unspecified atom stereocenters. The SMILES string of the molecule is CNCC(Cc1ccc(OC)c(F)c1)c1ccc(F)cc1. The van der Waals surface area contributed by atoms with Gasteiger partial charge in [-0.25, -0.2) is 8.78 Å². The molecule has 1 N–H and O–H groups in total. The molecule has 0 radical (unpaired) electrons. The minimum Gasteiger partial charge on any atom is -0.494 e. The van der Waals surface area contributed by atoms with Crippen molar-refractivity contribution in [3.05, 3.63) is 65.2 Å². The number of halogens is 2. The van der Waals surface area contributed by atoms with Gasteiger partial charge >= 0.3 is 0 Å². The van der Waals surface area contributed by atoms with Gasteiger partial charge in [-0.15, -0.1) is 0 Å². The van der Waals surface area contributed by atoms with Crippen LogP contribution in [0.25, 0.3) is 0 Å². The van der Waals surface area contributed by atoms with E-state index in [1.807, 2.05) is 13.1 Å². The molecular weight excluding hydrogens is 272 g/mol. The Hall–Kier alpha value is -1.94. The molecule has 0 fully saturated rings. The summed E-state index contributed by atoms with van der Waals surface area (Å²) in [5.41, 5.74) is 1.92. The Balaban J connectivity index is 2.19. The second-order valence-electron chi connectivity index (χ2n) is 4.98. The van der Waals surface area contributed by atoms with E-state index < -0.39 is 0 Å². The second kappa shape index (κ2) is 7.18. The van der Waals surface area contributed by atoms with Crippen LogP contribution in [0.2, 0.25) is 0 Å². The van der Waals surface area contributed by atoms with Gasteiger partial charge in [0.25, 0.3) is 0 Å². The van der Waals surface area contributed by atoms with E-state index in [0.717, 1.165) is 17.7 Å². The number of methoxy groups -OCH3 is 1. The molecule has 21 heavy (non-hydrogen) atoms. The highest BCUT2D eigenvalue weighted by Gasteiger charge is 2.13. The third-order valence-electron chi connectivity index (χ3n) is 3.49. The first-order chi connectivity index (χ1) is 10.1. The van der Waals surface area contributed by atoms with Gasteiger partial charge in [-0.1, -0.05) is 18.2 Å². The molecule has 0 saturated carbocycles. The average Bonchev–Trinajstić information content (AvgIpc) is 2.48. The zero-order valence-electron chi connectivity index (χ0n) is 12.2. The molecule has 2 rings (SSSR count). The molecule has 0 spiro atoms. The van der Waals surface area contributed by atoms with Crippen molar-refractivity contribution in [1.82, 2.24) is 5.32 Å². The van der Waals surface area contributed by atoms with Crippen molar-refractivity contribution in [3.63, 3.8) is 0 Å². The minimum absolute atomic E-state index is 0.156. The maximum absolute atomic E-state index is 13.8. The summed E-state index contributed by atoms with van der Waals surface area (Å²) < 4.78 is 31.7. The van der Waals surface area contributed by atoms with E-state index in [2.05, 4.69) is 5.32 Å². The summed E-state index contributed by atoms with van der Waals surface area (Å²) in [7, 11) is 3.31. The van der Waals surface area contributed by atoms with Crippen molar-refractivity contribution in [2.45, 2.75) is 12.3 Å². The third-order valence-corrected chi connectivity index (χ3v) is 3.49. The van der Waals surface area contributed by atoms with Gasteiger partial charge in [-0.05, 0) is 48.9 Å². The van der Waals surface area contributed by atoms with Crippen LogP contribution in [0, 0.1) is 11.6 Å². The first-order valence-electron chi connectivity index (χ1n) is 6.86. The number of hydrogen-bond donors (Lipinski definition) is 1. The molecule has 0 aliphatic carbocycles. The monoisotopic (exact) mass is 291 g/mol. The highest BCUT2D eigenvalue weighted by molar-refractivity contribution is 5.31. The molecule has 0 aliphatic rings. The van der Waals surface area contributed by atoms with Gasteiger partial charge in [0.1, 0.15) is 5.82 Å². The van der Waals surface area contributed by atoms with E-state index in [1.54, 1.807) is 18.2 Å². The number of benzene rings is 2. The number of nitrogens with one attached hydrogen (secondary N) is 1. The van der Waals surface area contributed by atoms with E-state index in [9.17, 15) is 8.78 Å². The smallest absolute Gasteiger partial charge is 0.165 e. The van der Waals surface area contributed by atoms with Crippen molar-refractivity contribution in [2.24, 2.45) is 0 Å². The lowest BCUT2D eigenvalue weighted by molar-refractivity contribution is 0.386. The van der Waals surface area contributed by atoms with Crippen LogP contribution in [0.4, 0.5) is 8.78 Å². The predicted octanol–water partition coefficient (Wildman–Crippen LogP) is 3.52. The Morgan fingerprint density at radius 1 is 1.10 bits per heavy atom. The van der Waals surface area contributed by atoms with Crippen LogP contribution in [0.15, 0.2) is 42.5 Å². The summed E-state index contributed by atoms with van der Waals surface area (Å²) >= 11 is 0. The van der Waals surface area contributed by atoms with Crippen LogP contribution in [0.3, 0.4) is 0 Å². The molecule has 1 atom stereocenters. The molecule has 2 aromatic rings. The van der Waals surface area contributed by atoms with Crippen LogP contribution < -0.4 is 10.1 Å². The van der Waals surface area contributed by atoms with Crippen molar-refractivity contribution < 1.29 is 13.5 Å². The molecule has 2 aromatic carbocycles. The quantitative estimate of drug-likeness (QED) is 0.879. The summed E-state index contributed by atoms with van der Waals surface area (Å²) in [4.78, 5) is 0. The lowest BCUT2D eigenvalue weighted by atomic mass is 9.92. The maximum atomic E-state index is 13.8. The minimum atomic E-state index is -0.364. The number of hydrogen-bond acceptors (Lipinski definition) is 2. The third kappa shape index (κ3) is 4.02. The largest absolute Gasteiger partial charge is 0.494 e. The van der Waals surface area contributed by atoms with Crippen LogP contribution in [0.1, 0.15) is 17.0 Å². The lowest BCUT2D eigenvalue weighted by Crippen LogP contribution is -2.19. The van der Waals surface area contributed by atoms with Crippen LogP contribution in [-0.2, 0) is 6.42 Å². The molecule has 4 heteroatoms. The molecule has 0 heterocycles. The molecule has 2 nitrogen and oxygen atoms in total. The molecular formula is C17H19F2NO. The topological polar surface area (TPSA) is 21.3 Å². The first-order valence-corrected chi connectivity index (χ1v) is 6.86. The summed E-state index contributed by atoms with van der Waals surface area (Å²) in [5, 5.41) is 3.13. The van der Waals surface area contributed by atoms with Crippen LogP contribution in [0.5, 0.6) is 5.75 Å². The van der Waals surface area contributed by atoms with Gasteiger partial charge in [0, 0.05) is 12.5 Å². The van der Waals surface area contributed by atoms with E-state index in [1.165, 1.54) is 25.3 Å². The van der Waals surface area contributed by atoms with Crippen molar-refractivity contribution in [1.29, 1.82) is 0 Å². The molecule has 0 aliphatic heterocycles. The highest BCUT2D eigenvalue weighted by atomic mass is 19.1. The molecule has 112 valence electrons. The molecule has 0 saturated heterocycles. The Morgan fingerprint density at radius 2 is 1.81 bits per heavy atom. The van der Waals surface area contributed by atoms with Crippen molar-refractivity contribution >= 4 is 0 Å². The van der Waals surface area contributed by atoms with Gasteiger partial charge in [0.15, 0.2) is 11.6 Å². The number of likely N-dealkylation sites (N-methyl/N-ethyl adjacent to an activating group) is 1. The fraction of sp³-hybridized carbons (Fsp3) is 0.294. The second-order valence-corrected chi connectivity index (χ2v) is 4.98. The summed E-state index contributed by atoms with van der Waals surface area (Å²) in [5.74, 6) is -0.219. The van der Waals surface area contributed by atoms with Crippen LogP contribution in [-0.4, -0.2) is 20.7 Å². The summed E-state index contributed by atoms with van der Waals surface area (Å²) in [6.07, 6.45) is 0.674. The average molecular weight is 291 g/mol. The van der Waals surface area contributed by atoms with E-state index in [0.29, 0.717) is 6.42 Å². The van der Waals surface area contributed by atoms with Crippen LogP contribution >= 0.6 is 0 Å². The normalized spacial score (nSPS) is 12.2. The molecule has 0 amide bonds. The number of rotatable bonds is 6. The van der Waals surface area contributed by atoms with Crippen molar-refractivity contribution in [3.8, 4) is 5.75 Å². The van der Waals surface area contributed by atoms with Gasteiger partial charge in [-0.2, -0.15) is 0 Å². The highest BCUT2D eigenvalue weighted by Crippen LogP contribution is 2.24. The maximum Gasteiger partial charge on any atom is 0.165 e. The first kappa shape index (κ1) is 15.4. The summed E-state index contributed by atoms with van der Waals surface area (Å²) in [6.45, 7) is 0.735. The fourth-order valence-corrected chi connectivity index (χ4v) is 2.41. The Labute approximate surface area is 123 Å².